The minimum Gasteiger partial charge on any atom is -0.392 e. The van der Waals surface area contributed by atoms with Gasteiger partial charge in [-0.25, -0.2) is 0 Å². The Balaban J connectivity index is 1.77. The third kappa shape index (κ3) is 6.07. The lowest BCUT2D eigenvalue weighted by Gasteiger charge is -2.27. The molecule has 0 aromatic heterocycles. The quantitative estimate of drug-likeness (QED) is 0.831. The third-order valence-electron chi connectivity index (χ3n) is 4.50. The molecule has 4 nitrogen and oxygen atoms in total. The molecule has 1 amide bonds. The molecule has 1 aromatic carbocycles. The second kappa shape index (κ2) is 9.18. The van der Waals surface area contributed by atoms with Crippen molar-refractivity contribution in [3.05, 3.63) is 35.4 Å². The van der Waals surface area contributed by atoms with Gasteiger partial charge in [-0.05, 0) is 29.9 Å². The largest absolute Gasteiger partial charge is 0.392 e. The summed E-state index contributed by atoms with van der Waals surface area (Å²) in [6.45, 7) is 0.801. The van der Waals surface area contributed by atoms with Gasteiger partial charge in [-0.2, -0.15) is 0 Å². The van der Waals surface area contributed by atoms with E-state index in [1.54, 1.807) is 4.90 Å². The van der Waals surface area contributed by atoms with Crippen molar-refractivity contribution in [2.24, 2.45) is 5.92 Å². The molecule has 2 rings (SSSR count). The summed E-state index contributed by atoms with van der Waals surface area (Å²) in [4.78, 5) is 14.0. The van der Waals surface area contributed by atoms with Gasteiger partial charge < -0.3 is 10.0 Å². The molecule has 1 aliphatic carbocycles. The average molecular weight is 337 g/mol. The van der Waals surface area contributed by atoms with Crippen molar-refractivity contribution >= 4 is 16.7 Å². The Kier molecular flexibility index (Phi) is 7.24. The van der Waals surface area contributed by atoms with Gasteiger partial charge in [-0.3, -0.25) is 9.00 Å². The Morgan fingerprint density at radius 3 is 2.39 bits per heavy atom. The Hall–Kier alpha value is -1.20. The van der Waals surface area contributed by atoms with Crippen molar-refractivity contribution in [2.75, 3.05) is 19.3 Å². The fourth-order valence-electron chi connectivity index (χ4n) is 3.08. The first kappa shape index (κ1) is 18.1. The first-order chi connectivity index (χ1) is 11.1. The van der Waals surface area contributed by atoms with Crippen LogP contribution in [0.25, 0.3) is 0 Å². The predicted octanol–water partition coefficient (Wildman–Crippen LogP) is 2.47. The number of carbonyl (C=O) groups excluding carboxylic acids is 1. The summed E-state index contributed by atoms with van der Waals surface area (Å²) in [5.74, 6) is 1.05. The number of amides is 1. The minimum absolute atomic E-state index is 0.00775. The van der Waals surface area contributed by atoms with Crippen molar-refractivity contribution in [3.8, 4) is 0 Å². The van der Waals surface area contributed by atoms with Crippen LogP contribution in [0.5, 0.6) is 0 Å². The van der Waals surface area contributed by atoms with E-state index in [4.69, 9.17) is 5.11 Å². The highest BCUT2D eigenvalue weighted by molar-refractivity contribution is 7.84. The number of nitrogens with zero attached hydrogens (tertiary/aromatic N) is 1. The fraction of sp³-hybridized carbons (Fsp3) is 0.611. The molecule has 1 saturated carbocycles. The monoisotopic (exact) mass is 337 g/mol. The van der Waals surface area contributed by atoms with Gasteiger partial charge in [0.25, 0.3) is 0 Å². The first-order valence-electron chi connectivity index (χ1n) is 8.36. The lowest BCUT2D eigenvalue weighted by Crippen LogP contribution is -2.35. The van der Waals surface area contributed by atoms with Crippen LogP contribution in [-0.2, 0) is 28.0 Å². The van der Waals surface area contributed by atoms with Gasteiger partial charge in [0.2, 0.25) is 5.91 Å². The molecular formula is C18H27NO3S. The molecule has 128 valence electrons. The van der Waals surface area contributed by atoms with Crippen LogP contribution in [0.15, 0.2) is 24.3 Å². The molecule has 1 atom stereocenters. The Morgan fingerprint density at radius 2 is 1.78 bits per heavy atom. The molecule has 0 aliphatic heterocycles. The number of benzene rings is 1. The second-order valence-electron chi connectivity index (χ2n) is 6.48. The van der Waals surface area contributed by atoms with Crippen LogP contribution in [0, 0.1) is 5.92 Å². The Bertz CT molecular complexity index is 524. The number of rotatable bonds is 7. The van der Waals surface area contributed by atoms with E-state index in [1.165, 1.54) is 32.1 Å². The van der Waals surface area contributed by atoms with Crippen LogP contribution in [0.3, 0.4) is 0 Å². The lowest BCUT2D eigenvalue weighted by atomic mass is 9.89. The van der Waals surface area contributed by atoms with E-state index in [2.05, 4.69) is 0 Å². The molecule has 1 unspecified atom stereocenters. The first-order valence-corrected chi connectivity index (χ1v) is 9.85. The summed E-state index contributed by atoms with van der Waals surface area (Å²) in [5, 5.41) is 9.01. The average Bonchev–Trinajstić information content (AvgIpc) is 2.56. The summed E-state index contributed by atoms with van der Waals surface area (Å²) in [5.41, 5.74) is 1.77. The van der Waals surface area contributed by atoms with E-state index >= 15 is 0 Å². The zero-order valence-electron chi connectivity index (χ0n) is 13.9. The second-order valence-corrected chi connectivity index (χ2v) is 7.94. The predicted molar refractivity (Wildman–Crippen MR) is 93.3 cm³/mol. The molecule has 0 bridgehead atoms. The summed E-state index contributed by atoms with van der Waals surface area (Å²) in [6, 6.07) is 7.37. The molecular weight excluding hydrogens is 310 g/mol. The minimum atomic E-state index is -1.19. The van der Waals surface area contributed by atoms with E-state index < -0.39 is 10.8 Å². The van der Waals surface area contributed by atoms with Crippen LogP contribution in [0.1, 0.15) is 43.2 Å². The van der Waals surface area contributed by atoms with Gasteiger partial charge in [0, 0.05) is 30.1 Å². The lowest BCUT2D eigenvalue weighted by molar-refractivity contribution is -0.127. The van der Waals surface area contributed by atoms with E-state index in [-0.39, 0.29) is 18.3 Å². The molecule has 23 heavy (non-hydrogen) atoms. The maximum absolute atomic E-state index is 12.2. The van der Waals surface area contributed by atoms with Crippen molar-refractivity contribution in [3.63, 3.8) is 0 Å². The smallest absolute Gasteiger partial charge is 0.234 e. The molecule has 0 spiro atoms. The summed E-state index contributed by atoms with van der Waals surface area (Å²) in [6.07, 6.45) is 6.26. The van der Waals surface area contributed by atoms with Crippen molar-refractivity contribution < 1.29 is 14.1 Å². The SMILES string of the molecule is CN(CC1CCCCC1)C(=O)CS(=O)Cc1ccc(CO)cc1. The maximum atomic E-state index is 12.2. The van der Waals surface area contributed by atoms with Crippen molar-refractivity contribution in [1.82, 2.24) is 4.90 Å². The highest BCUT2D eigenvalue weighted by Crippen LogP contribution is 2.24. The highest BCUT2D eigenvalue weighted by Gasteiger charge is 2.19. The molecule has 1 aromatic rings. The molecule has 1 fully saturated rings. The number of hydrogen-bond acceptors (Lipinski definition) is 3. The van der Waals surface area contributed by atoms with Gasteiger partial charge in [-0.1, -0.05) is 43.5 Å². The number of carbonyl (C=O) groups is 1. The van der Waals surface area contributed by atoms with E-state index in [0.29, 0.717) is 11.7 Å². The van der Waals surface area contributed by atoms with E-state index in [0.717, 1.165) is 17.7 Å². The van der Waals surface area contributed by atoms with Crippen LogP contribution < -0.4 is 0 Å². The third-order valence-corrected chi connectivity index (χ3v) is 5.72. The Morgan fingerprint density at radius 1 is 1.17 bits per heavy atom. The van der Waals surface area contributed by atoms with Crippen LogP contribution in [0.2, 0.25) is 0 Å². The normalized spacial score (nSPS) is 17.0. The van der Waals surface area contributed by atoms with Crippen molar-refractivity contribution in [1.29, 1.82) is 0 Å². The standard InChI is InChI=1S/C18H27NO3S/c1-19(11-15-5-3-2-4-6-15)18(21)14-23(22)13-17-9-7-16(12-20)8-10-17/h7-10,15,20H,2-6,11-14H2,1H3. The van der Waals surface area contributed by atoms with Gasteiger partial charge in [-0.15, -0.1) is 0 Å². The van der Waals surface area contributed by atoms with Gasteiger partial charge in [0.15, 0.2) is 0 Å². The molecule has 0 saturated heterocycles. The zero-order valence-corrected chi connectivity index (χ0v) is 14.7. The number of hydrogen-bond donors (Lipinski definition) is 1. The molecule has 1 N–H and O–H groups in total. The van der Waals surface area contributed by atoms with Crippen LogP contribution in [0.4, 0.5) is 0 Å². The zero-order chi connectivity index (χ0) is 16.7. The summed E-state index contributed by atoms with van der Waals surface area (Å²) >= 11 is 0. The van der Waals surface area contributed by atoms with Gasteiger partial charge in [0.05, 0.1) is 6.61 Å². The molecule has 0 heterocycles. The van der Waals surface area contributed by atoms with Crippen LogP contribution in [-0.4, -0.2) is 39.5 Å². The molecule has 0 radical (unpaired) electrons. The van der Waals surface area contributed by atoms with Gasteiger partial charge >= 0.3 is 0 Å². The van der Waals surface area contributed by atoms with E-state index in [1.807, 2.05) is 31.3 Å². The Labute approximate surface area is 141 Å². The van der Waals surface area contributed by atoms with Crippen LogP contribution >= 0.6 is 0 Å². The molecule has 1 aliphatic rings. The topological polar surface area (TPSA) is 57.6 Å². The van der Waals surface area contributed by atoms with Crippen molar-refractivity contribution in [2.45, 2.75) is 44.5 Å². The molecule has 5 heteroatoms. The summed E-state index contributed by atoms with van der Waals surface area (Å²) < 4.78 is 12.2. The number of aliphatic hydroxyl groups is 1. The van der Waals surface area contributed by atoms with Gasteiger partial charge in [0.1, 0.15) is 5.75 Å². The fourth-order valence-corrected chi connectivity index (χ4v) is 4.25. The number of aliphatic hydroxyl groups excluding tert-OH is 1. The summed E-state index contributed by atoms with van der Waals surface area (Å²) in [7, 11) is 0.633. The highest BCUT2D eigenvalue weighted by atomic mass is 32.2. The van der Waals surface area contributed by atoms with E-state index in [9.17, 15) is 9.00 Å². The maximum Gasteiger partial charge on any atom is 0.234 e.